The highest BCUT2D eigenvalue weighted by atomic mass is 16.6. The summed E-state index contributed by atoms with van der Waals surface area (Å²) in [5.41, 5.74) is 6.75. The molecule has 1 aliphatic heterocycles. The Morgan fingerprint density at radius 1 is 1.28 bits per heavy atom. The van der Waals surface area contributed by atoms with Crippen molar-refractivity contribution < 1.29 is 14.3 Å². The Labute approximate surface area is 148 Å². The van der Waals surface area contributed by atoms with Crippen molar-refractivity contribution >= 4 is 12.0 Å². The van der Waals surface area contributed by atoms with Gasteiger partial charge in [0.2, 0.25) is 5.91 Å². The monoisotopic (exact) mass is 345 g/mol. The van der Waals surface area contributed by atoms with Gasteiger partial charge in [-0.25, -0.2) is 4.79 Å². The standard InChI is InChI=1S/C19H27N3O3/c1-14(20)18(23)22(17-7-8-17)12-16-9-10-21(11-16)19(24)25-13-15-5-3-2-4-6-15/h2-6,14,16-17H,7-13,20H2,1H3/t14-,16?/m0/s1. The molecule has 1 aromatic carbocycles. The van der Waals surface area contributed by atoms with E-state index in [0.29, 0.717) is 31.6 Å². The molecule has 6 nitrogen and oxygen atoms in total. The van der Waals surface area contributed by atoms with Crippen LogP contribution < -0.4 is 5.73 Å². The highest BCUT2D eigenvalue weighted by molar-refractivity contribution is 5.81. The van der Waals surface area contributed by atoms with Crippen molar-refractivity contribution in [2.75, 3.05) is 19.6 Å². The fourth-order valence-electron chi connectivity index (χ4n) is 3.30. The van der Waals surface area contributed by atoms with Gasteiger partial charge in [-0.05, 0) is 37.7 Å². The zero-order valence-corrected chi connectivity index (χ0v) is 14.8. The normalized spacial score (nSPS) is 21.0. The predicted molar refractivity (Wildman–Crippen MR) is 94.7 cm³/mol. The molecule has 3 rings (SSSR count). The van der Waals surface area contributed by atoms with Crippen LogP contribution in [0.3, 0.4) is 0 Å². The van der Waals surface area contributed by atoms with Crippen LogP contribution in [0.1, 0.15) is 31.7 Å². The number of hydrogen-bond donors (Lipinski definition) is 1. The molecule has 2 aliphatic rings. The molecular weight excluding hydrogens is 318 g/mol. The van der Waals surface area contributed by atoms with Crippen molar-refractivity contribution in [1.82, 2.24) is 9.80 Å². The second-order valence-corrected chi connectivity index (χ2v) is 7.15. The van der Waals surface area contributed by atoms with Crippen molar-refractivity contribution in [2.24, 2.45) is 11.7 Å². The minimum atomic E-state index is -0.464. The molecule has 0 bridgehead atoms. The van der Waals surface area contributed by atoms with Crippen LogP contribution >= 0.6 is 0 Å². The van der Waals surface area contributed by atoms with E-state index in [1.165, 1.54) is 0 Å². The van der Waals surface area contributed by atoms with E-state index in [9.17, 15) is 9.59 Å². The van der Waals surface area contributed by atoms with E-state index in [-0.39, 0.29) is 18.6 Å². The number of carbonyl (C=O) groups is 2. The van der Waals surface area contributed by atoms with E-state index in [4.69, 9.17) is 10.5 Å². The first-order chi connectivity index (χ1) is 12.0. The van der Waals surface area contributed by atoms with Gasteiger partial charge < -0.3 is 20.3 Å². The Morgan fingerprint density at radius 3 is 2.64 bits per heavy atom. The summed E-state index contributed by atoms with van der Waals surface area (Å²) in [4.78, 5) is 28.2. The summed E-state index contributed by atoms with van der Waals surface area (Å²) < 4.78 is 5.40. The maximum Gasteiger partial charge on any atom is 0.410 e. The third-order valence-electron chi connectivity index (χ3n) is 4.86. The van der Waals surface area contributed by atoms with E-state index >= 15 is 0 Å². The first-order valence-electron chi connectivity index (χ1n) is 9.06. The van der Waals surface area contributed by atoms with E-state index < -0.39 is 6.04 Å². The van der Waals surface area contributed by atoms with Gasteiger partial charge in [-0.3, -0.25) is 4.79 Å². The maximum atomic E-state index is 12.3. The van der Waals surface area contributed by atoms with Gasteiger partial charge in [0.1, 0.15) is 6.61 Å². The summed E-state index contributed by atoms with van der Waals surface area (Å²) in [6.45, 7) is 4.04. The summed E-state index contributed by atoms with van der Waals surface area (Å²) in [6.07, 6.45) is 2.75. The first kappa shape index (κ1) is 17.7. The molecule has 1 heterocycles. The van der Waals surface area contributed by atoms with Crippen LogP contribution in [0.5, 0.6) is 0 Å². The van der Waals surface area contributed by atoms with Crippen LogP contribution in [-0.2, 0) is 16.1 Å². The largest absolute Gasteiger partial charge is 0.445 e. The summed E-state index contributed by atoms with van der Waals surface area (Å²) in [7, 11) is 0. The molecule has 0 radical (unpaired) electrons. The SMILES string of the molecule is C[C@H](N)C(=O)N(CC1CCN(C(=O)OCc2ccccc2)C1)C1CC1. The summed E-state index contributed by atoms with van der Waals surface area (Å²) >= 11 is 0. The lowest BCUT2D eigenvalue weighted by Crippen LogP contribution is -2.45. The first-order valence-corrected chi connectivity index (χ1v) is 9.06. The van der Waals surface area contributed by atoms with E-state index in [1.807, 2.05) is 35.2 Å². The van der Waals surface area contributed by atoms with Crippen molar-refractivity contribution in [3.63, 3.8) is 0 Å². The zero-order valence-electron chi connectivity index (χ0n) is 14.8. The molecule has 1 aromatic rings. The van der Waals surface area contributed by atoms with Gasteiger partial charge in [0, 0.05) is 25.7 Å². The molecule has 0 aromatic heterocycles. The summed E-state index contributed by atoms with van der Waals surface area (Å²) in [5, 5.41) is 0. The molecule has 1 saturated heterocycles. The number of nitrogens with zero attached hydrogens (tertiary/aromatic N) is 2. The topological polar surface area (TPSA) is 75.9 Å². The molecule has 1 aliphatic carbocycles. The number of likely N-dealkylation sites (tertiary alicyclic amines) is 1. The van der Waals surface area contributed by atoms with Gasteiger partial charge in [0.05, 0.1) is 6.04 Å². The van der Waals surface area contributed by atoms with Gasteiger partial charge >= 0.3 is 6.09 Å². The van der Waals surface area contributed by atoms with Crippen LogP contribution in [0.25, 0.3) is 0 Å². The van der Waals surface area contributed by atoms with Crippen LogP contribution in [0.15, 0.2) is 30.3 Å². The summed E-state index contributed by atoms with van der Waals surface area (Å²) in [5.74, 6) is 0.320. The van der Waals surface area contributed by atoms with E-state index in [0.717, 1.165) is 24.8 Å². The molecular formula is C19H27N3O3. The van der Waals surface area contributed by atoms with Gasteiger partial charge in [-0.15, -0.1) is 0 Å². The molecule has 1 saturated carbocycles. The second kappa shape index (κ2) is 7.87. The van der Waals surface area contributed by atoms with Crippen LogP contribution in [0.4, 0.5) is 4.79 Å². The van der Waals surface area contributed by atoms with Crippen molar-refractivity contribution in [2.45, 2.75) is 44.9 Å². The number of hydrogen-bond acceptors (Lipinski definition) is 4. The minimum Gasteiger partial charge on any atom is -0.445 e. The number of rotatable bonds is 6. The molecule has 136 valence electrons. The molecule has 2 amide bonds. The third kappa shape index (κ3) is 4.72. The van der Waals surface area contributed by atoms with Crippen LogP contribution in [0.2, 0.25) is 0 Å². The lowest BCUT2D eigenvalue weighted by Gasteiger charge is -2.27. The van der Waals surface area contributed by atoms with Gasteiger partial charge in [-0.1, -0.05) is 30.3 Å². The molecule has 2 atom stereocenters. The fourth-order valence-corrected chi connectivity index (χ4v) is 3.30. The number of benzene rings is 1. The average Bonchev–Trinajstić information content (AvgIpc) is 3.35. The van der Waals surface area contributed by atoms with E-state index in [1.54, 1.807) is 11.8 Å². The number of ether oxygens (including phenoxy) is 1. The molecule has 2 N–H and O–H groups in total. The highest BCUT2D eigenvalue weighted by Crippen LogP contribution is 2.30. The molecule has 25 heavy (non-hydrogen) atoms. The number of amides is 2. The Morgan fingerprint density at radius 2 is 2.00 bits per heavy atom. The molecule has 2 fully saturated rings. The van der Waals surface area contributed by atoms with Crippen LogP contribution in [-0.4, -0.2) is 53.5 Å². The van der Waals surface area contributed by atoms with Crippen molar-refractivity contribution in [1.29, 1.82) is 0 Å². The quantitative estimate of drug-likeness (QED) is 0.855. The summed E-state index contributed by atoms with van der Waals surface area (Å²) in [6, 6.07) is 9.55. The van der Waals surface area contributed by atoms with Gasteiger partial charge in [0.15, 0.2) is 0 Å². The smallest absolute Gasteiger partial charge is 0.410 e. The lowest BCUT2D eigenvalue weighted by molar-refractivity contribution is -0.133. The van der Waals surface area contributed by atoms with Crippen molar-refractivity contribution in [3.8, 4) is 0 Å². The minimum absolute atomic E-state index is 0.0209. The van der Waals surface area contributed by atoms with Gasteiger partial charge in [-0.2, -0.15) is 0 Å². The Hall–Kier alpha value is -2.08. The fraction of sp³-hybridized carbons (Fsp3) is 0.579. The third-order valence-corrected chi connectivity index (χ3v) is 4.86. The molecule has 6 heteroatoms. The Kier molecular flexibility index (Phi) is 5.58. The van der Waals surface area contributed by atoms with Crippen LogP contribution in [0, 0.1) is 5.92 Å². The van der Waals surface area contributed by atoms with Crippen molar-refractivity contribution in [3.05, 3.63) is 35.9 Å². The Balaban J connectivity index is 1.47. The molecule has 1 unspecified atom stereocenters. The highest BCUT2D eigenvalue weighted by Gasteiger charge is 2.37. The van der Waals surface area contributed by atoms with Gasteiger partial charge in [0.25, 0.3) is 0 Å². The lowest BCUT2D eigenvalue weighted by atomic mass is 10.1. The zero-order chi connectivity index (χ0) is 17.8. The van der Waals surface area contributed by atoms with E-state index in [2.05, 4.69) is 0 Å². The maximum absolute atomic E-state index is 12.3. The second-order valence-electron chi connectivity index (χ2n) is 7.15. The molecule has 0 spiro atoms. The Bertz CT molecular complexity index is 601. The average molecular weight is 345 g/mol. The predicted octanol–water partition coefficient (Wildman–Crippen LogP) is 1.98. The number of carbonyl (C=O) groups excluding carboxylic acids is 2. The number of nitrogens with two attached hydrogens (primary N) is 1.